The maximum absolute atomic E-state index is 14.2. The Labute approximate surface area is 160 Å². The zero-order chi connectivity index (χ0) is 18.5. The summed E-state index contributed by atoms with van der Waals surface area (Å²) < 4.78 is 14.8. The zero-order valence-corrected chi connectivity index (χ0v) is 16.1. The molecule has 0 aliphatic heterocycles. The van der Waals surface area contributed by atoms with Crippen LogP contribution in [-0.4, -0.2) is 21.0 Å². The van der Waals surface area contributed by atoms with Crippen LogP contribution in [0.3, 0.4) is 0 Å². The average molecular weight is 416 g/mol. The van der Waals surface area contributed by atoms with E-state index in [4.69, 9.17) is 0 Å². The number of halogens is 2. The van der Waals surface area contributed by atoms with Crippen LogP contribution in [0, 0.1) is 5.82 Å². The van der Waals surface area contributed by atoms with Crippen molar-refractivity contribution < 1.29 is 4.39 Å². The highest BCUT2D eigenvalue weighted by Crippen LogP contribution is 2.26. The molecule has 0 spiro atoms. The van der Waals surface area contributed by atoms with Crippen LogP contribution in [0.4, 0.5) is 21.8 Å². The molecule has 0 aliphatic carbocycles. The molecule has 0 fully saturated rings. The molecule has 3 rings (SSSR count). The average Bonchev–Trinajstić information content (AvgIpc) is 2.64. The SMILES string of the molecule is CC[C@H](C)Nc1nc(Nc2ccc(Br)cc2F)cc(-c2cccnc2)n1. The minimum absolute atomic E-state index is 0.219. The summed E-state index contributed by atoms with van der Waals surface area (Å²) in [5, 5.41) is 6.30. The molecule has 0 bridgehead atoms. The third kappa shape index (κ3) is 4.54. The smallest absolute Gasteiger partial charge is 0.225 e. The monoisotopic (exact) mass is 415 g/mol. The molecule has 2 aromatic heterocycles. The summed E-state index contributed by atoms with van der Waals surface area (Å²) in [7, 11) is 0. The lowest BCUT2D eigenvalue weighted by atomic mass is 10.2. The summed E-state index contributed by atoms with van der Waals surface area (Å²) in [6.45, 7) is 4.14. The molecule has 26 heavy (non-hydrogen) atoms. The van der Waals surface area contributed by atoms with Crippen molar-refractivity contribution in [3.8, 4) is 11.3 Å². The van der Waals surface area contributed by atoms with Crippen molar-refractivity contribution in [1.82, 2.24) is 15.0 Å². The lowest BCUT2D eigenvalue weighted by Gasteiger charge is -2.15. The van der Waals surface area contributed by atoms with Gasteiger partial charge in [-0.05, 0) is 43.7 Å². The molecule has 2 heterocycles. The number of nitrogens with zero attached hydrogens (tertiary/aromatic N) is 3. The molecule has 7 heteroatoms. The maximum atomic E-state index is 14.2. The van der Waals surface area contributed by atoms with Crippen LogP contribution in [0.1, 0.15) is 20.3 Å². The number of nitrogens with one attached hydrogen (secondary N) is 2. The van der Waals surface area contributed by atoms with Crippen molar-refractivity contribution in [2.45, 2.75) is 26.3 Å². The highest BCUT2D eigenvalue weighted by atomic mass is 79.9. The van der Waals surface area contributed by atoms with Gasteiger partial charge in [0.05, 0.1) is 11.4 Å². The van der Waals surface area contributed by atoms with E-state index in [1.165, 1.54) is 6.07 Å². The molecule has 2 N–H and O–H groups in total. The van der Waals surface area contributed by atoms with E-state index in [0.717, 1.165) is 12.0 Å². The molecule has 3 aromatic rings. The number of benzene rings is 1. The molecule has 0 aliphatic rings. The minimum Gasteiger partial charge on any atom is -0.352 e. The lowest BCUT2D eigenvalue weighted by Crippen LogP contribution is -2.16. The van der Waals surface area contributed by atoms with Gasteiger partial charge in [0.25, 0.3) is 0 Å². The second-order valence-electron chi connectivity index (χ2n) is 5.91. The summed E-state index contributed by atoms with van der Waals surface area (Å²) >= 11 is 3.26. The molecule has 5 nitrogen and oxygen atoms in total. The van der Waals surface area contributed by atoms with Crippen molar-refractivity contribution in [1.29, 1.82) is 0 Å². The third-order valence-corrected chi connectivity index (χ3v) is 4.36. The topological polar surface area (TPSA) is 62.7 Å². The second kappa shape index (κ2) is 8.23. The van der Waals surface area contributed by atoms with Crippen LogP contribution >= 0.6 is 15.9 Å². The number of hydrogen-bond donors (Lipinski definition) is 2. The van der Waals surface area contributed by atoms with Gasteiger partial charge < -0.3 is 10.6 Å². The number of pyridine rings is 1. The van der Waals surface area contributed by atoms with Gasteiger partial charge >= 0.3 is 0 Å². The van der Waals surface area contributed by atoms with Crippen LogP contribution in [-0.2, 0) is 0 Å². The van der Waals surface area contributed by atoms with E-state index < -0.39 is 0 Å². The zero-order valence-electron chi connectivity index (χ0n) is 14.5. The predicted octanol–water partition coefficient (Wildman–Crippen LogP) is 5.39. The Hall–Kier alpha value is -2.54. The van der Waals surface area contributed by atoms with Crippen LogP contribution in [0.15, 0.2) is 53.3 Å². The highest BCUT2D eigenvalue weighted by Gasteiger charge is 2.11. The van der Waals surface area contributed by atoms with Crippen LogP contribution in [0.25, 0.3) is 11.3 Å². The number of aromatic nitrogens is 3. The molecule has 1 aromatic carbocycles. The number of rotatable bonds is 6. The first kappa shape index (κ1) is 18.3. The Kier molecular flexibility index (Phi) is 5.78. The Morgan fingerprint density at radius 3 is 2.73 bits per heavy atom. The van der Waals surface area contributed by atoms with E-state index in [1.807, 2.05) is 12.1 Å². The molecule has 1 atom stereocenters. The summed E-state index contributed by atoms with van der Waals surface area (Å²) in [6.07, 6.45) is 4.38. The van der Waals surface area contributed by atoms with Gasteiger partial charge in [0.2, 0.25) is 5.95 Å². The van der Waals surface area contributed by atoms with E-state index >= 15 is 0 Å². The quantitative estimate of drug-likeness (QED) is 0.564. The van der Waals surface area contributed by atoms with Crippen molar-refractivity contribution in [3.05, 3.63) is 59.1 Å². The molecule has 0 amide bonds. The minimum atomic E-state index is -0.364. The van der Waals surface area contributed by atoms with Crippen molar-refractivity contribution in [2.24, 2.45) is 0 Å². The first-order valence-electron chi connectivity index (χ1n) is 8.33. The molecule has 0 unspecified atom stereocenters. The predicted molar refractivity (Wildman–Crippen MR) is 106 cm³/mol. The van der Waals surface area contributed by atoms with Crippen LogP contribution < -0.4 is 10.6 Å². The standard InChI is InChI=1S/C19H19BrFN5/c1-3-12(2)23-19-25-17(13-5-4-8-22-11-13)10-18(26-19)24-16-7-6-14(20)9-15(16)21/h4-12H,3H2,1-2H3,(H2,23,24,25,26)/t12-/m0/s1. The van der Waals surface area contributed by atoms with Gasteiger partial charge in [0.1, 0.15) is 11.6 Å². The Bertz CT molecular complexity index is 888. The van der Waals surface area contributed by atoms with Crippen molar-refractivity contribution >= 4 is 33.4 Å². The molecule has 0 saturated heterocycles. The first-order chi connectivity index (χ1) is 12.5. The highest BCUT2D eigenvalue weighted by molar-refractivity contribution is 9.10. The van der Waals surface area contributed by atoms with Crippen LogP contribution in [0.2, 0.25) is 0 Å². The summed E-state index contributed by atoms with van der Waals surface area (Å²) in [6, 6.07) is 10.6. The number of hydrogen-bond acceptors (Lipinski definition) is 5. The Morgan fingerprint density at radius 1 is 1.19 bits per heavy atom. The fourth-order valence-electron chi connectivity index (χ4n) is 2.29. The normalized spacial score (nSPS) is 11.8. The van der Waals surface area contributed by atoms with Gasteiger partial charge in [0, 0.05) is 34.5 Å². The van der Waals surface area contributed by atoms with Gasteiger partial charge in [-0.25, -0.2) is 9.37 Å². The molecular formula is C19H19BrFN5. The van der Waals surface area contributed by atoms with E-state index in [-0.39, 0.29) is 11.9 Å². The van der Waals surface area contributed by atoms with Crippen molar-refractivity contribution in [2.75, 3.05) is 10.6 Å². The largest absolute Gasteiger partial charge is 0.352 e. The summed E-state index contributed by atoms with van der Waals surface area (Å²) in [4.78, 5) is 13.2. The lowest BCUT2D eigenvalue weighted by molar-refractivity contribution is 0.631. The van der Waals surface area contributed by atoms with Gasteiger partial charge in [-0.15, -0.1) is 0 Å². The summed E-state index contributed by atoms with van der Waals surface area (Å²) in [5.41, 5.74) is 1.92. The van der Waals surface area contributed by atoms with Crippen molar-refractivity contribution in [3.63, 3.8) is 0 Å². The maximum Gasteiger partial charge on any atom is 0.225 e. The Balaban J connectivity index is 1.98. The van der Waals surface area contributed by atoms with Gasteiger partial charge in [0.15, 0.2) is 0 Å². The fraction of sp³-hybridized carbons (Fsp3) is 0.211. The second-order valence-corrected chi connectivity index (χ2v) is 6.82. The number of anilines is 3. The molecular weight excluding hydrogens is 397 g/mol. The first-order valence-corrected chi connectivity index (χ1v) is 9.12. The molecule has 0 saturated carbocycles. The molecule has 0 radical (unpaired) electrons. The van der Waals surface area contributed by atoms with Gasteiger partial charge in [-0.1, -0.05) is 22.9 Å². The van der Waals surface area contributed by atoms with E-state index in [0.29, 0.717) is 27.6 Å². The van der Waals surface area contributed by atoms with Gasteiger partial charge in [-0.2, -0.15) is 4.98 Å². The Morgan fingerprint density at radius 2 is 2.04 bits per heavy atom. The van der Waals surface area contributed by atoms with E-state index in [1.54, 1.807) is 30.6 Å². The van der Waals surface area contributed by atoms with E-state index in [9.17, 15) is 4.39 Å². The third-order valence-electron chi connectivity index (χ3n) is 3.87. The summed E-state index contributed by atoms with van der Waals surface area (Å²) in [5.74, 6) is 0.629. The fourth-order valence-corrected chi connectivity index (χ4v) is 2.62. The van der Waals surface area contributed by atoms with E-state index in [2.05, 4.69) is 55.4 Å². The molecule has 134 valence electrons. The van der Waals surface area contributed by atoms with Crippen LogP contribution in [0.5, 0.6) is 0 Å². The van der Waals surface area contributed by atoms with Gasteiger partial charge in [-0.3, -0.25) is 4.98 Å².